The van der Waals surface area contributed by atoms with Gasteiger partial charge >= 0.3 is 0 Å². The van der Waals surface area contributed by atoms with Crippen molar-refractivity contribution >= 4 is 11.8 Å². The van der Waals surface area contributed by atoms with Gasteiger partial charge in [-0.05, 0) is 38.9 Å². The normalized spacial score (nSPS) is 13.3. The maximum absolute atomic E-state index is 13.4. The van der Waals surface area contributed by atoms with Gasteiger partial charge in [-0.3, -0.25) is 14.5 Å². The molecule has 1 saturated heterocycles. The molecule has 0 saturated carbocycles. The second kappa shape index (κ2) is 34.3. The number of hydrogen-bond donors (Lipinski definition) is 1. The fourth-order valence-corrected chi connectivity index (χ4v) is 7.07. The van der Waals surface area contributed by atoms with Crippen LogP contribution in [0.25, 0.3) is 0 Å². The average molecular weight is 677 g/mol. The first-order valence-electron chi connectivity index (χ1n) is 21.6. The Morgan fingerprint density at radius 1 is 0.458 bits per heavy atom. The molecule has 6 heteroatoms. The number of amides is 2. The van der Waals surface area contributed by atoms with Gasteiger partial charge in [0.15, 0.2) is 0 Å². The Morgan fingerprint density at radius 2 is 0.792 bits per heavy atom. The number of carbonyl (C=O) groups excluding carboxylic acids is 2. The maximum Gasteiger partial charge on any atom is 0.238 e. The second-order valence-electron chi connectivity index (χ2n) is 15.1. The zero-order chi connectivity index (χ0) is 34.8. The first-order valence-corrected chi connectivity index (χ1v) is 21.6. The van der Waals surface area contributed by atoms with Crippen molar-refractivity contribution in [3.05, 3.63) is 0 Å². The molecule has 1 rings (SSSR count). The van der Waals surface area contributed by atoms with Crippen molar-refractivity contribution in [2.24, 2.45) is 0 Å². The van der Waals surface area contributed by atoms with Crippen LogP contribution in [0.5, 0.6) is 0 Å². The summed E-state index contributed by atoms with van der Waals surface area (Å²) in [7, 11) is 0. The Hall–Kier alpha value is -1.14. The van der Waals surface area contributed by atoms with Crippen LogP contribution in [-0.4, -0.2) is 79.0 Å². The number of nitrogens with one attached hydrogen (secondary N) is 1. The monoisotopic (exact) mass is 677 g/mol. The minimum absolute atomic E-state index is 0.134. The lowest BCUT2D eigenvalue weighted by atomic mass is 10.1. The van der Waals surface area contributed by atoms with Gasteiger partial charge in [-0.2, -0.15) is 0 Å². The molecule has 0 unspecified atom stereocenters. The minimum Gasteiger partial charge on any atom is -0.322 e. The Morgan fingerprint density at radius 3 is 1.19 bits per heavy atom. The summed E-state index contributed by atoms with van der Waals surface area (Å²) >= 11 is 0. The van der Waals surface area contributed by atoms with E-state index in [0.717, 1.165) is 26.1 Å². The van der Waals surface area contributed by atoms with E-state index in [-0.39, 0.29) is 11.8 Å². The minimum atomic E-state index is 0.134. The van der Waals surface area contributed by atoms with Crippen molar-refractivity contribution in [1.82, 2.24) is 20.0 Å². The molecule has 6 nitrogen and oxygen atoms in total. The van der Waals surface area contributed by atoms with Gasteiger partial charge in [0.2, 0.25) is 11.8 Å². The topological polar surface area (TPSA) is 55.9 Å². The maximum atomic E-state index is 13.4. The number of rotatable bonds is 36. The molecular weight excluding hydrogens is 592 g/mol. The Bertz CT molecular complexity index is 718. The number of hydrogen-bond acceptors (Lipinski definition) is 4. The third-order valence-corrected chi connectivity index (χ3v) is 10.4. The van der Waals surface area contributed by atoms with E-state index >= 15 is 0 Å². The highest BCUT2D eigenvalue weighted by molar-refractivity contribution is 5.82. The third kappa shape index (κ3) is 26.7. The first kappa shape index (κ1) is 44.9. The summed E-state index contributed by atoms with van der Waals surface area (Å²) in [6, 6.07) is 0. The van der Waals surface area contributed by atoms with Gasteiger partial charge in [0.05, 0.1) is 19.8 Å². The molecule has 0 bridgehead atoms. The lowest BCUT2D eigenvalue weighted by Gasteiger charge is -2.25. The van der Waals surface area contributed by atoms with Gasteiger partial charge in [-0.15, -0.1) is 0 Å². The Labute approximate surface area is 300 Å². The van der Waals surface area contributed by atoms with Gasteiger partial charge in [-0.1, -0.05) is 188 Å². The molecular formula is C42H84N4O2. The van der Waals surface area contributed by atoms with Crippen LogP contribution in [0.2, 0.25) is 0 Å². The molecule has 0 aromatic heterocycles. The van der Waals surface area contributed by atoms with Crippen LogP contribution in [0.1, 0.15) is 207 Å². The van der Waals surface area contributed by atoms with Crippen molar-refractivity contribution in [3.63, 3.8) is 0 Å². The van der Waals surface area contributed by atoms with Crippen LogP contribution in [0.3, 0.4) is 0 Å². The third-order valence-electron chi connectivity index (χ3n) is 10.4. The molecule has 48 heavy (non-hydrogen) atoms. The molecule has 1 heterocycles. The fourth-order valence-electron chi connectivity index (χ4n) is 7.07. The molecule has 2 amide bonds. The van der Waals surface area contributed by atoms with Gasteiger partial charge in [0.25, 0.3) is 0 Å². The van der Waals surface area contributed by atoms with Crippen LogP contribution >= 0.6 is 0 Å². The van der Waals surface area contributed by atoms with Gasteiger partial charge in [0, 0.05) is 13.1 Å². The molecule has 0 atom stereocenters. The summed E-state index contributed by atoms with van der Waals surface area (Å²) in [5.74, 6) is 0.334. The first-order chi connectivity index (χ1) is 23.6. The van der Waals surface area contributed by atoms with Crippen LogP contribution in [0.4, 0.5) is 0 Å². The van der Waals surface area contributed by atoms with Crippen molar-refractivity contribution < 1.29 is 9.59 Å². The lowest BCUT2D eigenvalue weighted by Crippen LogP contribution is -2.42. The van der Waals surface area contributed by atoms with E-state index in [2.05, 4.69) is 31.0 Å². The second-order valence-corrected chi connectivity index (χ2v) is 15.1. The molecule has 1 aliphatic heterocycles. The van der Waals surface area contributed by atoms with E-state index in [4.69, 9.17) is 0 Å². The molecule has 1 fully saturated rings. The molecule has 1 N–H and O–H groups in total. The highest BCUT2D eigenvalue weighted by Crippen LogP contribution is 2.14. The summed E-state index contributed by atoms with van der Waals surface area (Å²) < 4.78 is 0. The van der Waals surface area contributed by atoms with Crippen molar-refractivity contribution in [3.8, 4) is 0 Å². The van der Waals surface area contributed by atoms with Crippen LogP contribution < -0.4 is 5.32 Å². The van der Waals surface area contributed by atoms with E-state index in [1.54, 1.807) is 0 Å². The largest absolute Gasteiger partial charge is 0.322 e. The van der Waals surface area contributed by atoms with E-state index in [0.29, 0.717) is 32.8 Å². The van der Waals surface area contributed by atoms with Crippen LogP contribution in [0.15, 0.2) is 0 Å². The average Bonchev–Trinajstić information content (AvgIpc) is 3.59. The van der Waals surface area contributed by atoms with Crippen LogP contribution in [-0.2, 0) is 9.59 Å². The molecule has 0 aromatic carbocycles. The van der Waals surface area contributed by atoms with Crippen molar-refractivity contribution in [2.45, 2.75) is 207 Å². The standard InChI is InChI=1S/C42H84N4O2/c1-4-7-10-13-16-19-21-24-27-30-33-43-38-41(47)45-36-37-46(40-45)42(48)39-44(34-31-28-25-22-18-15-12-9-6-3)35-32-29-26-23-20-17-14-11-8-5-2/h43H,4-40H2,1-3H3. The van der Waals surface area contributed by atoms with Crippen molar-refractivity contribution in [1.29, 1.82) is 0 Å². The Kier molecular flexibility index (Phi) is 32.1. The van der Waals surface area contributed by atoms with Gasteiger partial charge in [-0.25, -0.2) is 0 Å². The predicted molar refractivity (Wildman–Crippen MR) is 209 cm³/mol. The summed E-state index contributed by atoms with van der Waals surface area (Å²) in [6.07, 6.45) is 38.7. The van der Waals surface area contributed by atoms with E-state index in [9.17, 15) is 9.59 Å². The summed E-state index contributed by atoms with van der Waals surface area (Å²) in [4.78, 5) is 32.4. The Balaban J connectivity index is 2.28. The number of nitrogens with zero attached hydrogens (tertiary/aromatic N) is 3. The molecule has 0 aliphatic carbocycles. The number of unbranched alkanes of at least 4 members (excludes halogenated alkanes) is 26. The highest BCUT2D eigenvalue weighted by atomic mass is 16.2. The lowest BCUT2D eigenvalue weighted by molar-refractivity contribution is -0.134. The SMILES string of the molecule is CCCCCCCCCCCCNCC(=O)N1CCN(C(=O)CN(CCCCCCCCCCC)CCCCCCCCCCCC)C1. The van der Waals surface area contributed by atoms with Gasteiger partial charge in [0.1, 0.15) is 0 Å². The predicted octanol–water partition coefficient (Wildman–Crippen LogP) is 10.9. The number of carbonyl (C=O) groups is 2. The highest BCUT2D eigenvalue weighted by Gasteiger charge is 2.28. The quantitative estimate of drug-likeness (QED) is 0.0671. The molecule has 284 valence electrons. The summed E-state index contributed by atoms with van der Waals surface area (Å²) in [5.41, 5.74) is 0. The molecule has 0 spiro atoms. The van der Waals surface area contributed by atoms with Gasteiger partial charge < -0.3 is 15.1 Å². The van der Waals surface area contributed by atoms with E-state index in [1.165, 1.54) is 180 Å². The molecule has 1 aliphatic rings. The van der Waals surface area contributed by atoms with Crippen LogP contribution in [0, 0.1) is 0 Å². The molecule has 0 aromatic rings. The molecule has 0 radical (unpaired) electrons. The summed E-state index contributed by atoms with van der Waals surface area (Å²) in [5, 5.41) is 3.36. The summed E-state index contributed by atoms with van der Waals surface area (Å²) in [6.45, 7) is 12.5. The van der Waals surface area contributed by atoms with Crippen molar-refractivity contribution in [2.75, 3.05) is 52.5 Å². The zero-order valence-corrected chi connectivity index (χ0v) is 32.8. The van der Waals surface area contributed by atoms with E-state index < -0.39 is 0 Å². The fraction of sp³-hybridized carbons (Fsp3) is 0.952. The zero-order valence-electron chi connectivity index (χ0n) is 32.8. The smallest absolute Gasteiger partial charge is 0.238 e. The van der Waals surface area contributed by atoms with E-state index in [1.807, 2.05) is 9.80 Å².